The molecule has 4 aromatic heterocycles. The van der Waals surface area contributed by atoms with Crippen molar-refractivity contribution in [1.29, 1.82) is 0 Å². The first-order chi connectivity index (χ1) is 24.1. The molecule has 50 heavy (non-hydrogen) atoms. The molecule has 0 amide bonds. The second kappa shape index (κ2) is 19.8. The summed E-state index contributed by atoms with van der Waals surface area (Å²) >= 11 is 2.99. The molecule has 1 fully saturated rings. The van der Waals surface area contributed by atoms with Crippen molar-refractivity contribution in [2.45, 2.75) is 133 Å². The van der Waals surface area contributed by atoms with Crippen molar-refractivity contribution in [2.75, 3.05) is 6.61 Å². The number of ketones is 1. The van der Waals surface area contributed by atoms with Gasteiger partial charge in [0.15, 0.2) is 0 Å². The SMILES string of the molecule is CC.CC.CC(=O)Cn1c(-c2ccc3nc(-c4sc(C)nc4C)ccc3c2)c(C2CCCC2)c2sc(C(=O)O)cc21.CCCOC(CC)CC. The lowest BCUT2D eigenvalue weighted by atomic mass is 9.94. The molecular formula is C41H57N3O4S2. The predicted molar refractivity (Wildman–Crippen MR) is 213 cm³/mol. The number of hydrogen-bond acceptors (Lipinski definition) is 7. The second-order valence-corrected chi connectivity index (χ2v) is 14.5. The third kappa shape index (κ3) is 9.68. The van der Waals surface area contributed by atoms with E-state index >= 15 is 0 Å². The molecular weight excluding hydrogens is 663 g/mol. The fraction of sp³-hybridized carbons (Fsp3) is 0.512. The van der Waals surface area contributed by atoms with E-state index in [9.17, 15) is 14.7 Å². The molecule has 0 atom stereocenters. The number of aromatic carboxylic acids is 1. The van der Waals surface area contributed by atoms with Crippen molar-refractivity contribution in [2.24, 2.45) is 0 Å². The summed E-state index contributed by atoms with van der Waals surface area (Å²) in [7, 11) is 0. The monoisotopic (exact) mass is 719 g/mol. The molecule has 4 heterocycles. The highest BCUT2D eigenvalue weighted by atomic mass is 32.1. The van der Waals surface area contributed by atoms with E-state index in [-0.39, 0.29) is 12.3 Å². The van der Waals surface area contributed by atoms with Crippen molar-refractivity contribution < 1.29 is 19.4 Å². The Morgan fingerprint density at radius 3 is 2.20 bits per heavy atom. The Bertz CT molecular complexity index is 1840. The Kier molecular flexibility index (Phi) is 16.3. The zero-order valence-electron chi connectivity index (χ0n) is 31.8. The number of carboxylic acid groups (broad SMARTS) is 1. The fourth-order valence-corrected chi connectivity index (χ4v) is 8.54. The number of fused-ring (bicyclic) bond motifs is 2. The van der Waals surface area contributed by atoms with Gasteiger partial charge in [-0.15, -0.1) is 22.7 Å². The quantitative estimate of drug-likeness (QED) is 0.146. The van der Waals surface area contributed by atoms with Gasteiger partial charge in [0.1, 0.15) is 10.7 Å². The minimum absolute atomic E-state index is 0.0431. The summed E-state index contributed by atoms with van der Waals surface area (Å²) in [4.78, 5) is 35.1. The lowest BCUT2D eigenvalue weighted by molar-refractivity contribution is -0.117. The largest absolute Gasteiger partial charge is 0.477 e. The first kappa shape index (κ1) is 41.0. The van der Waals surface area contributed by atoms with E-state index in [1.165, 1.54) is 29.7 Å². The Morgan fingerprint density at radius 1 is 0.960 bits per heavy atom. The number of Topliss-reactive ketones (excluding diaryl/α,β-unsaturated/α-hetero) is 1. The Morgan fingerprint density at radius 2 is 1.64 bits per heavy atom. The van der Waals surface area contributed by atoms with Crippen molar-refractivity contribution in [3.8, 4) is 21.8 Å². The van der Waals surface area contributed by atoms with Crippen LogP contribution in [0.25, 0.3) is 42.9 Å². The minimum Gasteiger partial charge on any atom is -0.477 e. The molecule has 5 aromatic rings. The molecule has 1 aromatic carbocycles. The van der Waals surface area contributed by atoms with Gasteiger partial charge in [0, 0.05) is 12.0 Å². The number of hydrogen-bond donors (Lipinski definition) is 1. The van der Waals surface area contributed by atoms with Crippen LogP contribution in [0, 0.1) is 13.8 Å². The van der Waals surface area contributed by atoms with Crippen LogP contribution in [0.15, 0.2) is 36.4 Å². The van der Waals surface area contributed by atoms with Crippen molar-refractivity contribution in [3.05, 3.63) is 57.5 Å². The van der Waals surface area contributed by atoms with Gasteiger partial charge < -0.3 is 14.4 Å². The molecule has 1 aliphatic rings. The summed E-state index contributed by atoms with van der Waals surface area (Å²) in [6.07, 6.45) is 8.44. The summed E-state index contributed by atoms with van der Waals surface area (Å²) in [5, 5.41) is 11.7. The molecule has 1 saturated carbocycles. The maximum absolute atomic E-state index is 12.4. The lowest BCUT2D eigenvalue weighted by Crippen LogP contribution is -2.10. The molecule has 7 nitrogen and oxygen atoms in total. The molecule has 0 spiro atoms. The normalized spacial score (nSPS) is 12.7. The number of carbonyl (C=O) groups is 2. The van der Waals surface area contributed by atoms with Crippen molar-refractivity contribution in [1.82, 2.24) is 14.5 Å². The van der Waals surface area contributed by atoms with Gasteiger partial charge in [-0.1, -0.05) is 73.4 Å². The molecule has 1 aliphatic carbocycles. The summed E-state index contributed by atoms with van der Waals surface area (Å²) in [6.45, 7) is 21.2. The summed E-state index contributed by atoms with van der Waals surface area (Å²) in [6, 6.07) is 12.2. The number of carboxylic acids is 1. The number of ether oxygens (including phenoxy) is 1. The van der Waals surface area contributed by atoms with E-state index < -0.39 is 5.97 Å². The van der Waals surface area contributed by atoms with Gasteiger partial charge in [0.05, 0.1) is 55.3 Å². The lowest BCUT2D eigenvalue weighted by Gasteiger charge is -2.16. The van der Waals surface area contributed by atoms with Crippen molar-refractivity contribution >= 4 is 55.5 Å². The average Bonchev–Trinajstić information content (AvgIpc) is 3.92. The number of carbonyl (C=O) groups excluding carboxylic acids is 1. The molecule has 6 rings (SSSR count). The molecule has 1 N–H and O–H groups in total. The number of aromatic nitrogens is 3. The maximum atomic E-state index is 12.4. The smallest absolute Gasteiger partial charge is 0.345 e. The summed E-state index contributed by atoms with van der Waals surface area (Å²) in [5.74, 6) is -0.519. The van der Waals surface area contributed by atoms with E-state index in [0.717, 1.165) is 92.4 Å². The number of pyridine rings is 1. The predicted octanol–water partition coefficient (Wildman–Crippen LogP) is 12.3. The molecule has 0 aliphatic heterocycles. The van der Waals surface area contributed by atoms with E-state index in [4.69, 9.17) is 9.72 Å². The second-order valence-electron chi connectivity index (χ2n) is 12.2. The highest BCUT2D eigenvalue weighted by molar-refractivity contribution is 7.21. The Balaban J connectivity index is 0.000000451. The summed E-state index contributed by atoms with van der Waals surface area (Å²) < 4.78 is 8.54. The number of nitrogens with zero attached hydrogens (tertiary/aromatic N) is 3. The van der Waals surface area contributed by atoms with Crippen LogP contribution >= 0.6 is 22.7 Å². The topological polar surface area (TPSA) is 94.3 Å². The average molecular weight is 720 g/mol. The number of aryl methyl sites for hydroxylation is 2. The van der Waals surface area contributed by atoms with Gasteiger partial charge in [-0.3, -0.25) is 4.79 Å². The van der Waals surface area contributed by atoms with Gasteiger partial charge in [-0.05, 0) is 94.2 Å². The van der Waals surface area contributed by atoms with Crippen LogP contribution in [-0.4, -0.2) is 44.1 Å². The third-order valence-electron chi connectivity index (χ3n) is 8.70. The molecule has 0 bridgehead atoms. The molecule has 0 unspecified atom stereocenters. The van der Waals surface area contributed by atoms with Crippen LogP contribution in [0.4, 0.5) is 0 Å². The number of rotatable bonds is 11. The fourth-order valence-electron chi connectivity index (χ4n) is 6.52. The molecule has 0 radical (unpaired) electrons. The van der Waals surface area contributed by atoms with Crippen LogP contribution in [0.2, 0.25) is 0 Å². The summed E-state index contributed by atoms with van der Waals surface area (Å²) in [5.41, 5.74) is 6.96. The van der Waals surface area contributed by atoms with Crippen LogP contribution in [0.1, 0.15) is 132 Å². The van der Waals surface area contributed by atoms with Crippen LogP contribution in [0.5, 0.6) is 0 Å². The molecule has 0 saturated heterocycles. The zero-order chi connectivity index (χ0) is 37.0. The van der Waals surface area contributed by atoms with Gasteiger partial charge in [-0.25, -0.2) is 14.8 Å². The molecule has 9 heteroatoms. The number of thiazole rings is 1. The first-order valence-corrected chi connectivity index (χ1v) is 20.1. The van der Waals surface area contributed by atoms with Gasteiger partial charge in [-0.2, -0.15) is 0 Å². The van der Waals surface area contributed by atoms with E-state index in [1.807, 2.05) is 46.1 Å². The van der Waals surface area contributed by atoms with Gasteiger partial charge in [0.25, 0.3) is 0 Å². The minimum atomic E-state index is -0.923. The van der Waals surface area contributed by atoms with Crippen LogP contribution in [0.3, 0.4) is 0 Å². The highest BCUT2D eigenvalue weighted by Gasteiger charge is 2.30. The van der Waals surface area contributed by atoms with E-state index in [2.05, 4.69) is 56.1 Å². The van der Waals surface area contributed by atoms with Gasteiger partial charge >= 0.3 is 5.97 Å². The van der Waals surface area contributed by atoms with Gasteiger partial charge in [0.2, 0.25) is 0 Å². The number of thiophene rings is 1. The van der Waals surface area contributed by atoms with Crippen molar-refractivity contribution in [3.63, 3.8) is 0 Å². The van der Waals surface area contributed by atoms with Crippen LogP contribution in [-0.2, 0) is 16.1 Å². The Hall–Kier alpha value is -3.40. The highest BCUT2D eigenvalue weighted by Crippen LogP contribution is 2.48. The standard InChI is InChI=1S/C29H27N3O3S2.C8H18O.2C2H6/c1-15(33)14-32-23-13-24(29(34)35)37-28(23)25(18-6-4-5-7-18)26(32)20-9-10-21-19(12-20)8-11-22(31-21)27-16(2)30-17(3)36-27;1-4-7-9-8(5-2)6-3;2*1-2/h8-13,18H,4-7,14H2,1-3H3,(H,34,35);8H,4-7H2,1-3H3;2*1-2H3. The van der Waals surface area contributed by atoms with E-state index in [0.29, 0.717) is 16.9 Å². The number of benzene rings is 1. The first-order valence-electron chi connectivity index (χ1n) is 18.5. The maximum Gasteiger partial charge on any atom is 0.345 e. The molecule has 272 valence electrons. The zero-order valence-corrected chi connectivity index (χ0v) is 33.4. The third-order valence-corrected chi connectivity index (χ3v) is 10.9. The van der Waals surface area contributed by atoms with E-state index in [1.54, 1.807) is 24.3 Å². The van der Waals surface area contributed by atoms with Crippen LogP contribution < -0.4 is 0 Å². The Labute approximate surface area is 307 Å².